The second-order valence-corrected chi connectivity index (χ2v) is 4.34. The molecule has 15 heavy (non-hydrogen) atoms. The second kappa shape index (κ2) is 4.41. The number of pyridine rings is 1. The van der Waals surface area contributed by atoms with Gasteiger partial charge in [-0.3, -0.25) is 9.69 Å². The number of nitrogens with zero attached hydrogens (tertiary/aromatic N) is 2. The zero-order valence-electron chi connectivity index (χ0n) is 8.06. The van der Waals surface area contributed by atoms with Gasteiger partial charge >= 0.3 is 0 Å². The van der Waals surface area contributed by atoms with Gasteiger partial charge in [-0.25, -0.2) is 4.98 Å². The summed E-state index contributed by atoms with van der Waals surface area (Å²) in [6.45, 7) is 0.666. The van der Waals surface area contributed by atoms with E-state index in [0.717, 1.165) is 0 Å². The van der Waals surface area contributed by atoms with Gasteiger partial charge in [-0.2, -0.15) is 12.6 Å². The summed E-state index contributed by atoms with van der Waals surface area (Å²) in [5.41, 5.74) is 0. The normalized spacial score (nSPS) is 21.1. The highest BCUT2D eigenvalue weighted by atomic mass is 35.5. The zero-order valence-corrected chi connectivity index (χ0v) is 9.71. The first-order chi connectivity index (χ1) is 7.22. The van der Waals surface area contributed by atoms with E-state index in [1.54, 1.807) is 23.2 Å². The smallest absolute Gasteiger partial charge is 0.228 e. The molecule has 1 aliphatic heterocycles. The molecule has 1 amide bonds. The van der Waals surface area contributed by atoms with Gasteiger partial charge in [-0.1, -0.05) is 11.6 Å². The van der Waals surface area contributed by atoms with Gasteiger partial charge < -0.3 is 0 Å². The summed E-state index contributed by atoms with van der Waals surface area (Å²) in [6.07, 6.45) is 2.18. The van der Waals surface area contributed by atoms with Crippen LogP contribution in [0.1, 0.15) is 6.42 Å². The largest absolute Gasteiger partial charge is 0.295 e. The standard InChI is InChI=1S/C10H11ClN2OS/c11-8-2-1-3-12-10(8)13-5-7(6-15)4-9(13)14/h1-3,7,15H,4-6H2. The Labute approximate surface area is 98.8 Å². The first-order valence-electron chi connectivity index (χ1n) is 4.74. The number of carbonyl (C=O) groups excluding carboxylic acids is 1. The quantitative estimate of drug-likeness (QED) is 0.805. The number of hydrogen-bond acceptors (Lipinski definition) is 3. The van der Waals surface area contributed by atoms with Crippen molar-refractivity contribution in [1.29, 1.82) is 0 Å². The summed E-state index contributed by atoms with van der Waals surface area (Å²) in [5, 5.41) is 0.519. The number of thiol groups is 1. The average molecular weight is 243 g/mol. The molecule has 1 fully saturated rings. The van der Waals surface area contributed by atoms with Crippen LogP contribution in [0.5, 0.6) is 0 Å². The van der Waals surface area contributed by atoms with Crippen molar-refractivity contribution in [3.63, 3.8) is 0 Å². The molecule has 3 nitrogen and oxygen atoms in total. The number of rotatable bonds is 2. The summed E-state index contributed by atoms with van der Waals surface area (Å²) in [4.78, 5) is 17.5. The highest BCUT2D eigenvalue weighted by Crippen LogP contribution is 2.29. The molecular weight excluding hydrogens is 232 g/mol. The van der Waals surface area contributed by atoms with Gasteiger partial charge in [0.2, 0.25) is 5.91 Å². The zero-order chi connectivity index (χ0) is 10.8. The van der Waals surface area contributed by atoms with E-state index in [4.69, 9.17) is 11.6 Å². The average Bonchev–Trinajstić information content (AvgIpc) is 2.60. The van der Waals surface area contributed by atoms with E-state index in [1.165, 1.54) is 0 Å². The lowest BCUT2D eigenvalue weighted by Gasteiger charge is -2.16. The molecule has 0 radical (unpaired) electrons. The number of carbonyl (C=O) groups is 1. The Morgan fingerprint density at radius 3 is 3.07 bits per heavy atom. The van der Waals surface area contributed by atoms with Crippen molar-refractivity contribution in [2.45, 2.75) is 6.42 Å². The molecule has 0 aliphatic carbocycles. The van der Waals surface area contributed by atoms with Gasteiger partial charge in [-0.05, 0) is 23.8 Å². The summed E-state index contributed by atoms with van der Waals surface area (Å²) >= 11 is 10.2. The predicted octanol–water partition coefficient (Wildman–Crippen LogP) is 2.02. The number of anilines is 1. The highest BCUT2D eigenvalue weighted by Gasteiger charge is 2.31. The van der Waals surface area contributed by atoms with E-state index >= 15 is 0 Å². The van der Waals surface area contributed by atoms with Crippen molar-refractivity contribution in [2.75, 3.05) is 17.2 Å². The van der Waals surface area contributed by atoms with Crippen LogP contribution in [-0.4, -0.2) is 23.2 Å². The Bertz CT molecular complexity index is 385. The van der Waals surface area contributed by atoms with E-state index in [-0.39, 0.29) is 5.91 Å². The lowest BCUT2D eigenvalue weighted by Crippen LogP contribution is -2.25. The molecule has 1 saturated heterocycles. The summed E-state index contributed by atoms with van der Waals surface area (Å²) in [7, 11) is 0. The van der Waals surface area contributed by atoms with Crippen molar-refractivity contribution in [3.8, 4) is 0 Å². The number of hydrogen-bond donors (Lipinski definition) is 1. The van der Waals surface area contributed by atoms with Crippen LogP contribution >= 0.6 is 24.2 Å². The minimum Gasteiger partial charge on any atom is -0.295 e. The van der Waals surface area contributed by atoms with Crippen LogP contribution < -0.4 is 4.90 Å². The van der Waals surface area contributed by atoms with E-state index < -0.39 is 0 Å². The fourth-order valence-corrected chi connectivity index (χ4v) is 2.15. The summed E-state index contributed by atoms with van der Waals surface area (Å²) in [5.74, 6) is 1.66. The van der Waals surface area contributed by atoms with E-state index in [2.05, 4.69) is 17.6 Å². The van der Waals surface area contributed by atoms with E-state index in [9.17, 15) is 4.79 Å². The van der Waals surface area contributed by atoms with Crippen molar-refractivity contribution in [1.82, 2.24) is 4.98 Å². The highest BCUT2D eigenvalue weighted by molar-refractivity contribution is 7.80. The van der Waals surface area contributed by atoms with Crippen molar-refractivity contribution >= 4 is 36.0 Å². The maximum Gasteiger partial charge on any atom is 0.228 e. The van der Waals surface area contributed by atoms with Crippen LogP contribution in [0, 0.1) is 5.92 Å². The molecule has 0 aromatic carbocycles. The Balaban J connectivity index is 2.25. The summed E-state index contributed by atoms with van der Waals surface area (Å²) < 4.78 is 0. The fraction of sp³-hybridized carbons (Fsp3) is 0.400. The molecular formula is C10H11ClN2OS. The third-order valence-corrected chi connectivity index (χ3v) is 3.27. The van der Waals surface area contributed by atoms with Crippen molar-refractivity contribution < 1.29 is 4.79 Å². The van der Waals surface area contributed by atoms with Crippen LogP contribution in [0.15, 0.2) is 18.3 Å². The molecule has 0 spiro atoms. The Morgan fingerprint density at radius 1 is 1.67 bits per heavy atom. The Kier molecular flexibility index (Phi) is 3.17. The third kappa shape index (κ3) is 2.11. The van der Waals surface area contributed by atoms with Gasteiger partial charge in [-0.15, -0.1) is 0 Å². The first-order valence-corrected chi connectivity index (χ1v) is 5.75. The predicted molar refractivity (Wildman–Crippen MR) is 63.6 cm³/mol. The maximum atomic E-state index is 11.7. The van der Waals surface area contributed by atoms with Crippen LogP contribution in [0.2, 0.25) is 5.02 Å². The topological polar surface area (TPSA) is 33.2 Å². The van der Waals surface area contributed by atoms with Crippen LogP contribution in [0.4, 0.5) is 5.82 Å². The second-order valence-electron chi connectivity index (χ2n) is 3.57. The van der Waals surface area contributed by atoms with E-state index in [0.29, 0.717) is 35.5 Å². The monoisotopic (exact) mass is 242 g/mol. The SMILES string of the molecule is O=C1CC(CS)CN1c1ncccc1Cl. The van der Waals surface area contributed by atoms with Crippen LogP contribution in [0.25, 0.3) is 0 Å². The molecule has 1 unspecified atom stereocenters. The van der Waals surface area contributed by atoms with Crippen molar-refractivity contribution in [3.05, 3.63) is 23.4 Å². The molecule has 1 aliphatic rings. The molecule has 2 rings (SSSR count). The van der Waals surface area contributed by atoms with Gasteiger partial charge in [0.15, 0.2) is 5.82 Å². The van der Waals surface area contributed by atoms with Gasteiger partial charge in [0.1, 0.15) is 0 Å². The third-order valence-electron chi connectivity index (χ3n) is 2.46. The first kappa shape index (κ1) is 10.8. The van der Waals surface area contributed by atoms with Gasteiger partial charge in [0, 0.05) is 19.2 Å². The molecule has 80 valence electrons. The molecule has 1 aromatic rings. The maximum absolute atomic E-state index is 11.7. The lowest BCUT2D eigenvalue weighted by molar-refractivity contribution is -0.117. The van der Waals surface area contributed by atoms with Crippen molar-refractivity contribution in [2.24, 2.45) is 5.92 Å². The van der Waals surface area contributed by atoms with Gasteiger partial charge in [0.25, 0.3) is 0 Å². The van der Waals surface area contributed by atoms with E-state index in [1.807, 2.05) is 0 Å². The molecule has 0 N–H and O–H groups in total. The molecule has 0 saturated carbocycles. The Morgan fingerprint density at radius 2 is 2.47 bits per heavy atom. The fourth-order valence-electron chi connectivity index (χ4n) is 1.68. The van der Waals surface area contributed by atoms with Crippen LogP contribution in [-0.2, 0) is 4.79 Å². The Hall–Kier alpha value is -0.740. The minimum atomic E-state index is 0.0784. The molecule has 1 atom stereocenters. The number of halogens is 1. The molecule has 5 heteroatoms. The number of amides is 1. The number of aromatic nitrogens is 1. The lowest BCUT2D eigenvalue weighted by atomic mass is 10.1. The van der Waals surface area contributed by atoms with Gasteiger partial charge in [0.05, 0.1) is 5.02 Å². The molecule has 0 bridgehead atoms. The summed E-state index contributed by atoms with van der Waals surface area (Å²) in [6, 6.07) is 3.49. The minimum absolute atomic E-state index is 0.0784. The molecule has 2 heterocycles. The van der Waals surface area contributed by atoms with Crippen LogP contribution in [0.3, 0.4) is 0 Å². The molecule has 1 aromatic heterocycles.